The highest BCUT2D eigenvalue weighted by molar-refractivity contribution is 14.0. The minimum absolute atomic E-state index is 0. The van der Waals surface area contributed by atoms with Gasteiger partial charge in [0, 0.05) is 26.2 Å². The molecule has 0 atom stereocenters. The van der Waals surface area contributed by atoms with Crippen LogP contribution >= 0.6 is 24.0 Å². The summed E-state index contributed by atoms with van der Waals surface area (Å²) in [6, 6.07) is 0. The zero-order chi connectivity index (χ0) is 10.6. The molecule has 0 spiro atoms. The smallest absolute Gasteiger partial charge is 0.191 e. The van der Waals surface area contributed by atoms with Gasteiger partial charge in [0.2, 0.25) is 0 Å². The van der Waals surface area contributed by atoms with Gasteiger partial charge < -0.3 is 15.4 Å². The summed E-state index contributed by atoms with van der Waals surface area (Å²) in [6.07, 6.45) is 1.07. The van der Waals surface area contributed by atoms with Crippen LogP contribution in [0.1, 0.15) is 27.2 Å². The number of nitrogens with one attached hydrogen (secondary N) is 2. The third-order valence-electron chi connectivity index (χ3n) is 1.58. The van der Waals surface area contributed by atoms with Crippen LogP contribution in [-0.2, 0) is 4.74 Å². The molecule has 0 rings (SSSR count). The third-order valence-corrected chi connectivity index (χ3v) is 1.58. The lowest BCUT2D eigenvalue weighted by Gasteiger charge is -2.10. The van der Waals surface area contributed by atoms with E-state index in [1.165, 1.54) is 0 Å². The molecule has 0 saturated carbocycles. The Labute approximate surface area is 110 Å². The number of rotatable bonds is 7. The van der Waals surface area contributed by atoms with Crippen LogP contribution in [0, 0.1) is 0 Å². The first-order chi connectivity index (χ1) is 6.85. The minimum atomic E-state index is 0. The van der Waals surface area contributed by atoms with Crippen molar-refractivity contribution in [3.63, 3.8) is 0 Å². The Morgan fingerprint density at radius 1 is 1.20 bits per heavy atom. The summed E-state index contributed by atoms with van der Waals surface area (Å²) in [5.74, 6) is 0.883. The van der Waals surface area contributed by atoms with Crippen LogP contribution in [-0.4, -0.2) is 38.8 Å². The molecule has 0 fully saturated rings. The van der Waals surface area contributed by atoms with Crippen molar-refractivity contribution in [1.29, 1.82) is 0 Å². The summed E-state index contributed by atoms with van der Waals surface area (Å²) in [5, 5.41) is 6.38. The number of nitrogens with zero attached hydrogens (tertiary/aromatic N) is 1. The number of hydrogen-bond donors (Lipinski definition) is 2. The molecule has 0 bridgehead atoms. The van der Waals surface area contributed by atoms with E-state index in [0.29, 0.717) is 0 Å². The highest BCUT2D eigenvalue weighted by atomic mass is 127. The van der Waals surface area contributed by atoms with E-state index in [9.17, 15) is 0 Å². The maximum Gasteiger partial charge on any atom is 0.191 e. The van der Waals surface area contributed by atoms with E-state index >= 15 is 0 Å². The number of aliphatic imine (C=N–C) groups is 1. The molecule has 0 aliphatic heterocycles. The Kier molecular flexibility index (Phi) is 16.2. The van der Waals surface area contributed by atoms with Crippen molar-refractivity contribution in [1.82, 2.24) is 10.6 Å². The fourth-order valence-corrected chi connectivity index (χ4v) is 0.951. The van der Waals surface area contributed by atoms with Crippen LogP contribution in [0.2, 0.25) is 0 Å². The van der Waals surface area contributed by atoms with E-state index in [4.69, 9.17) is 4.74 Å². The van der Waals surface area contributed by atoms with Gasteiger partial charge in [-0.3, -0.25) is 4.99 Å². The highest BCUT2D eigenvalue weighted by Gasteiger charge is 1.94. The topological polar surface area (TPSA) is 45.7 Å². The zero-order valence-electron chi connectivity index (χ0n) is 10.0. The second-order valence-corrected chi connectivity index (χ2v) is 2.88. The van der Waals surface area contributed by atoms with Crippen LogP contribution in [0.25, 0.3) is 0 Å². The van der Waals surface area contributed by atoms with Gasteiger partial charge in [0.05, 0.1) is 6.61 Å². The molecule has 0 heterocycles. The van der Waals surface area contributed by atoms with E-state index in [2.05, 4.69) is 29.5 Å². The normalized spacial score (nSPS) is 10.7. The lowest BCUT2D eigenvalue weighted by atomic mass is 10.5. The fourth-order valence-electron chi connectivity index (χ4n) is 0.951. The Balaban J connectivity index is 0. The first-order valence-electron chi connectivity index (χ1n) is 5.45. The Morgan fingerprint density at radius 3 is 2.47 bits per heavy atom. The summed E-state index contributed by atoms with van der Waals surface area (Å²) >= 11 is 0. The van der Waals surface area contributed by atoms with Crippen LogP contribution in [0.4, 0.5) is 0 Å². The number of halogens is 1. The first kappa shape index (κ1) is 17.4. The van der Waals surface area contributed by atoms with Crippen LogP contribution in [0.15, 0.2) is 4.99 Å². The molecule has 0 unspecified atom stereocenters. The molecule has 0 aliphatic rings. The largest absolute Gasteiger partial charge is 0.380 e. The molecule has 0 amide bonds. The molecular formula is C10H24IN3O. The van der Waals surface area contributed by atoms with E-state index in [-0.39, 0.29) is 24.0 Å². The summed E-state index contributed by atoms with van der Waals surface area (Å²) < 4.78 is 5.22. The highest BCUT2D eigenvalue weighted by Crippen LogP contribution is 1.79. The predicted octanol–water partition coefficient (Wildman–Crippen LogP) is 1.61. The Hall–Kier alpha value is -0.0400. The molecule has 0 saturated heterocycles. The van der Waals surface area contributed by atoms with E-state index < -0.39 is 0 Å². The second kappa shape index (κ2) is 14.0. The van der Waals surface area contributed by atoms with Gasteiger partial charge in [-0.2, -0.15) is 0 Å². The van der Waals surface area contributed by atoms with Crippen LogP contribution < -0.4 is 10.6 Å². The van der Waals surface area contributed by atoms with E-state index in [0.717, 1.165) is 45.2 Å². The molecule has 92 valence electrons. The van der Waals surface area contributed by atoms with Crippen LogP contribution in [0.3, 0.4) is 0 Å². The summed E-state index contributed by atoms with van der Waals surface area (Å²) in [5.41, 5.74) is 0. The van der Waals surface area contributed by atoms with Gasteiger partial charge in [0.25, 0.3) is 0 Å². The van der Waals surface area contributed by atoms with Gasteiger partial charge in [-0.15, -0.1) is 24.0 Å². The quantitative estimate of drug-likeness (QED) is 0.323. The predicted molar refractivity (Wildman–Crippen MR) is 76.2 cm³/mol. The second-order valence-electron chi connectivity index (χ2n) is 2.88. The lowest BCUT2D eigenvalue weighted by molar-refractivity contribution is 0.152. The molecule has 0 aliphatic carbocycles. The van der Waals surface area contributed by atoms with E-state index in [1.54, 1.807) is 0 Å². The minimum Gasteiger partial charge on any atom is -0.380 e. The van der Waals surface area contributed by atoms with E-state index in [1.807, 2.05) is 6.92 Å². The molecule has 0 aromatic heterocycles. The Bertz CT molecular complexity index is 154. The maximum absolute atomic E-state index is 5.22. The van der Waals surface area contributed by atoms with Gasteiger partial charge in [-0.25, -0.2) is 0 Å². The standard InChI is InChI=1S/C10H23N3O.HI/c1-4-7-12-10(11-5-2)13-8-9-14-6-3;/h4-9H2,1-3H3,(H2,11,12,13);1H. The summed E-state index contributed by atoms with van der Waals surface area (Å²) in [6.45, 7) is 10.2. The first-order valence-corrected chi connectivity index (χ1v) is 5.45. The van der Waals surface area contributed by atoms with Crippen molar-refractivity contribution in [2.75, 3.05) is 32.8 Å². The molecule has 4 nitrogen and oxygen atoms in total. The zero-order valence-corrected chi connectivity index (χ0v) is 12.3. The maximum atomic E-state index is 5.22. The molecule has 15 heavy (non-hydrogen) atoms. The SMILES string of the molecule is CCCN=C(NCC)NCCOCC.I. The van der Waals surface area contributed by atoms with Crippen molar-refractivity contribution in [2.24, 2.45) is 4.99 Å². The molecule has 5 heteroatoms. The van der Waals surface area contributed by atoms with Gasteiger partial charge in [-0.05, 0) is 20.3 Å². The van der Waals surface area contributed by atoms with Gasteiger partial charge in [0.1, 0.15) is 0 Å². The van der Waals surface area contributed by atoms with Crippen molar-refractivity contribution >= 4 is 29.9 Å². The summed E-state index contributed by atoms with van der Waals surface area (Å²) in [7, 11) is 0. The molecule has 0 aromatic rings. The lowest BCUT2D eigenvalue weighted by Crippen LogP contribution is -2.39. The van der Waals surface area contributed by atoms with Gasteiger partial charge in [0.15, 0.2) is 5.96 Å². The molecular weight excluding hydrogens is 305 g/mol. The van der Waals surface area contributed by atoms with Crippen molar-refractivity contribution < 1.29 is 4.74 Å². The molecule has 0 aromatic carbocycles. The number of guanidine groups is 1. The average Bonchev–Trinajstić information content (AvgIpc) is 2.20. The fraction of sp³-hybridized carbons (Fsp3) is 0.900. The molecule has 0 radical (unpaired) electrons. The van der Waals surface area contributed by atoms with Crippen molar-refractivity contribution in [2.45, 2.75) is 27.2 Å². The van der Waals surface area contributed by atoms with Gasteiger partial charge in [-0.1, -0.05) is 6.92 Å². The summed E-state index contributed by atoms with van der Waals surface area (Å²) in [4.78, 5) is 4.37. The monoisotopic (exact) mass is 329 g/mol. The number of hydrogen-bond acceptors (Lipinski definition) is 2. The third kappa shape index (κ3) is 11.9. The van der Waals surface area contributed by atoms with Crippen LogP contribution in [0.5, 0.6) is 0 Å². The van der Waals surface area contributed by atoms with Crippen molar-refractivity contribution in [3.05, 3.63) is 0 Å². The van der Waals surface area contributed by atoms with Gasteiger partial charge >= 0.3 is 0 Å². The average molecular weight is 329 g/mol. The number of ether oxygens (including phenoxy) is 1. The van der Waals surface area contributed by atoms with Crippen molar-refractivity contribution in [3.8, 4) is 0 Å². The molecule has 2 N–H and O–H groups in total. The Morgan fingerprint density at radius 2 is 1.93 bits per heavy atom.